The average Bonchev–Trinajstić information content (AvgIpc) is 2.61. The van der Waals surface area contributed by atoms with E-state index in [1.54, 1.807) is 0 Å². The van der Waals surface area contributed by atoms with Gasteiger partial charge in [-0.1, -0.05) is 38.1 Å². The molecule has 0 fully saturated rings. The van der Waals surface area contributed by atoms with E-state index >= 15 is 0 Å². The van der Waals surface area contributed by atoms with Crippen LogP contribution in [0.3, 0.4) is 0 Å². The Bertz CT molecular complexity index is 691. The minimum atomic E-state index is 0. The van der Waals surface area contributed by atoms with Gasteiger partial charge < -0.3 is 17.1 Å². The molecule has 0 aromatic heterocycles. The van der Waals surface area contributed by atoms with Gasteiger partial charge in [-0.2, -0.15) is 0 Å². The molecule has 0 heterocycles. The Labute approximate surface area is 158 Å². The van der Waals surface area contributed by atoms with Crippen molar-refractivity contribution in [2.75, 3.05) is 6.61 Å². The minimum absolute atomic E-state index is 0. The molecule has 0 aliphatic rings. The van der Waals surface area contributed by atoms with Gasteiger partial charge >= 0.3 is 0 Å². The second-order valence-corrected chi connectivity index (χ2v) is 6.54. The summed E-state index contributed by atoms with van der Waals surface area (Å²) in [5.74, 6) is 1.59. The van der Waals surface area contributed by atoms with Gasteiger partial charge in [0, 0.05) is 10.8 Å². The molecule has 0 radical (unpaired) electrons. The van der Waals surface area contributed by atoms with Crippen LogP contribution in [0.1, 0.15) is 53.0 Å². The van der Waals surface area contributed by atoms with Gasteiger partial charge in [0.2, 0.25) is 5.84 Å². The number of hydrogen-bond donors (Lipinski definition) is 2. The highest BCUT2D eigenvalue weighted by Crippen LogP contribution is 2.28. The number of rotatable bonds is 7. The van der Waals surface area contributed by atoms with E-state index in [1.807, 2.05) is 25.1 Å². The molecule has 0 aliphatic heterocycles. The summed E-state index contributed by atoms with van der Waals surface area (Å²) < 4.78 is 5.77. The number of nitrogens with one attached hydrogen (secondary N) is 2. The quantitative estimate of drug-likeness (QED) is 0.560. The number of amidine groups is 1. The number of ether oxygens (including phenoxy) is 1. The van der Waals surface area contributed by atoms with Crippen molar-refractivity contribution in [3.63, 3.8) is 0 Å². The maximum Gasteiger partial charge on any atom is 0.226 e. The van der Waals surface area contributed by atoms with Crippen molar-refractivity contribution >= 4 is 16.6 Å². The van der Waals surface area contributed by atoms with E-state index in [-0.39, 0.29) is 12.4 Å². The molecule has 2 unspecified atom stereocenters. The molecular weight excluding hydrogens is 332 g/mol. The molecule has 4 heteroatoms. The Morgan fingerprint density at radius 1 is 0.960 bits per heavy atom. The van der Waals surface area contributed by atoms with Gasteiger partial charge in [-0.15, -0.1) is 0 Å². The molecule has 2 aromatic carbocycles. The van der Waals surface area contributed by atoms with Crippen LogP contribution < -0.4 is 22.0 Å². The van der Waals surface area contributed by atoms with E-state index in [1.165, 1.54) is 4.90 Å². The Balaban J connectivity index is 0.00000312. The van der Waals surface area contributed by atoms with E-state index < -0.39 is 0 Å². The summed E-state index contributed by atoms with van der Waals surface area (Å²) in [7, 11) is 0. The van der Waals surface area contributed by atoms with E-state index in [2.05, 4.69) is 45.9 Å². The lowest BCUT2D eigenvalue weighted by Crippen LogP contribution is -3.20. The molecule has 2 aromatic rings. The molecule has 25 heavy (non-hydrogen) atoms. The fourth-order valence-electron chi connectivity index (χ4n) is 3.34. The second-order valence-electron chi connectivity index (χ2n) is 6.54. The highest BCUT2D eigenvalue weighted by Gasteiger charge is 2.29. The standard InChI is InChI=1S/C21H30N2O.ClH/c1-6-15(4)23(16(5)7-2)21(22)19-13-14-20(24-8-3)18-12-10-9-11-17(18)19;/h9-16,22H,6-8H2,1-5H3;1H. The van der Waals surface area contributed by atoms with Gasteiger partial charge in [0.05, 0.1) is 24.3 Å². The van der Waals surface area contributed by atoms with Crippen LogP contribution in [-0.4, -0.2) is 24.5 Å². The zero-order valence-corrected chi connectivity index (χ0v) is 16.8. The Hall–Kier alpha value is -1.58. The topological polar surface area (TPSA) is 37.5 Å². The van der Waals surface area contributed by atoms with Gasteiger partial charge in [-0.3, -0.25) is 10.3 Å². The molecular formula is C21H31ClN2O. The van der Waals surface area contributed by atoms with Crippen LogP contribution in [0.5, 0.6) is 5.75 Å². The summed E-state index contributed by atoms with van der Waals surface area (Å²) in [5.41, 5.74) is 1.02. The SMILES string of the molecule is CCOc1ccc(C(=N)[NH+](C(C)CC)C(C)CC)c2ccccc12.[Cl-]. The summed E-state index contributed by atoms with van der Waals surface area (Å²) >= 11 is 0. The van der Waals surface area contributed by atoms with Crippen LogP contribution in [0.25, 0.3) is 10.8 Å². The molecule has 0 spiro atoms. The third-order valence-corrected chi connectivity index (χ3v) is 5.03. The van der Waals surface area contributed by atoms with Crippen LogP contribution in [0, 0.1) is 5.41 Å². The van der Waals surface area contributed by atoms with E-state index in [4.69, 9.17) is 10.1 Å². The van der Waals surface area contributed by atoms with Gasteiger partial charge in [0.1, 0.15) is 5.75 Å². The zero-order valence-electron chi connectivity index (χ0n) is 16.0. The maximum absolute atomic E-state index is 8.93. The van der Waals surface area contributed by atoms with E-state index in [0.29, 0.717) is 24.5 Å². The molecule has 0 aliphatic carbocycles. The molecule has 0 bridgehead atoms. The van der Waals surface area contributed by atoms with Crippen LogP contribution >= 0.6 is 0 Å². The van der Waals surface area contributed by atoms with Crippen molar-refractivity contribution in [2.24, 2.45) is 0 Å². The molecule has 2 atom stereocenters. The normalized spacial score (nSPS) is 14.4. The van der Waals surface area contributed by atoms with Crippen molar-refractivity contribution in [3.8, 4) is 5.75 Å². The Morgan fingerprint density at radius 3 is 2.04 bits per heavy atom. The highest BCUT2D eigenvalue weighted by molar-refractivity contribution is 6.06. The lowest BCUT2D eigenvalue weighted by atomic mass is 10.00. The first kappa shape index (κ1) is 21.5. The third-order valence-electron chi connectivity index (χ3n) is 5.03. The molecule has 2 rings (SSSR count). The summed E-state index contributed by atoms with van der Waals surface area (Å²) in [4.78, 5) is 1.27. The van der Waals surface area contributed by atoms with E-state index in [9.17, 15) is 0 Å². The summed E-state index contributed by atoms with van der Waals surface area (Å²) in [6.07, 6.45) is 2.13. The fourth-order valence-corrected chi connectivity index (χ4v) is 3.34. The smallest absolute Gasteiger partial charge is 0.226 e. The van der Waals surface area contributed by atoms with Crippen LogP contribution in [0.4, 0.5) is 0 Å². The van der Waals surface area contributed by atoms with Crippen molar-refractivity contribution < 1.29 is 22.0 Å². The average molecular weight is 363 g/mol. The molecule has 2 N–H and O–H groups in total. The van der Waals surface area contributed by atoms with Gasteiger partial charge in [-0.05, 0) is 45.7 Å². The summed E-state index contributed by atoms with van der Waals surface area (Å²) in [6, 6.07) is 13.2. The second kappa shape index (κ2) is 9.79. The summed E-state index contributed by atoms with van der Waals surface area (Å²) in [5, 5.41) is 11.1. The van der Waals surface area contributed by atoms with Crippen LogP contribution in [0.15, 0.2) is 36.4 Å². The monoisotopic (exact) mass is 362 g/mol. The number of benzene rings is 2. The van der Waals surface area contributed by atoms with Gasteiger partial charge in [-0.25, -0.2) is 0 Å². The minimum Gasteiger partial charge on any atom is -1.00 e. The van der Waals surface area contributed by atoms with Crippen LogP contribution in [0.2, 0.25) is 0 Å². The zero-order chi connectivity index (χ0) is 17.7. The predicted octanol–water partition coefficient (Wildman–Crippen LogP) is 1.05. The molecule has 0 saturated heterocycles. The third kappa shape index (κ3) is 4.53. The number of quaternary nitrogens is 1. The first-order chi connectivity index (χ1) is 11.5. The summed E-state index contributed by atoms with van der Waals surface area (Å²) in [6.45, 7) is 11.5. The largest absolute Gasteiger partial charge is 1.00 e. The Kier molecular flexibility index (Phi) is 8.40. The van der Waals surface area contributed by atoms with E-state index in [0.717, 1.165) is 34.9 Å². The first-order valence-corrected chi connectivity index (χ1v) is 9.15. The lowest BCUT2D eigenvalue weighted by Gasteiger charge is -2.30. The van der Waals surface area contributed by atoms with Crippen molar-refractivity contribution in [1.82, 2.24) is 0 Å². The molecule has 0 amide bonds. The molecule has 3 nitrogen and oxygen atoms in total. The van der Waals surface area contributed by atoms with Gasteiger partial charge in [0.25, 0.3) is 0 Å². The number of halogens is 1. The first-order valence-electron chi connectivity index (χ1n) is 9.15. The molecule has 0 saturated carbocycles. The Morgan fingerprint density at radius 2 is 1.52 bits per heavy atom. The lowest BCUT2D eigenvalue weighted by molar-refractivity contribution is -0.858. The number of hydrogen-bond acceptors (Lipinski definition) is 2. The van der Waals surface area contributed by atoms with Crippen molar-refractivity contribution in [1.29, 1.82) is 5.41 Å². The van der Waals surface area contributed by atoms with Crippen LogP contribution in [-0.2, 0) is 0 Å². The van der Waals surface area contributed by atoms with Crippen molar-refractivity contribution in [3.05, 3.63) is 42.0 Å². The fraction of sp³-hybridized carbons (Fsp3) is 0.476. The maximum atomic E-state index is 8.93. The number of fused-ring (bicyclic) bond motifs is 1. The highest BCUT2D eigenvalue weighted by atomic mass is 35.5. The molecule has 138 valence electrons. The predicted molar refractivity (Wildman–Crippen MR) is 102 cm³/mol. The van der Waals surface area contributed by atoms with Gasteiger partial charge in [0.15, 0.2) is 0 Å². The van der Waals surface area contributed by atoms with Crippen molar-refractivity contribution in [2.45, 2.75) is 59.5 Å².